The highest BCUT2D eigenvalue weighted by Crippen LogP contribution is 2.40. The van der Waals surface area contributed by atoms with Crippen LogP contribution in [0.2, 0.25) is 0 Å². The van der Waals surface area contributed by atoms with Gasteiger partial charge in [-0.05, 0) is 31.2 Å². The van der Waals surface area contributed by atoms with Gasteiger partial charge in [-0.2, -0.15) is 4.99 Å². The zero-order valence-electron chi connectivity index (χ0n) is 14.2. The zero-order valence-corrected chi connectivity index (χ0v) is 15.8. The summed E-state index contributed by atoms with van der Waals surface area (Å²) in [5.74, 6) is -0.0828. The van der Waals surface area contributed by atoms with Crippen LogP contribution in [0.1, 0.15) is 15.9 Å². The van der Waals surface area contributed by atoms with Gasteiger partial charge in [0.15, 0.2) is 15.0 Å². The fourth-order valence-corrected chi connectivity index (χ4v) is 7.30. The number of sulfone groups is 1. The molecule has 4 rings (SSSR count). The van der Waals surface area contributed by atoms with Crippen molar-refractivity contribution >= 4 is 38.4 Å². The minimum Gasteiger partial charge on any atom is -0.316 e. The fraction of sp³-hybridized carbons (Fsp3) is 0.263. The van der Waals surface area contributed by atoms with Gasteiger partial charge in [0.25, 0.3) is 5.91 Å². The van der Waals surface area contributed by atoms with Gasteiger partial charge < -0.3 is 4.90 Å². The Bertz CT molecular complexity index is 987. The molecule has 0 aliphatic carbocycles. The van der Waals surface area contributed by atoms with Crippen LogP contribution in [0.4, 0.5) is 5.69 Å². The summed E-state index contributed by atoms with van der Waals surface area (Å²) in [5.41, 5.74) is 2.40. The van der Waals surface area contributed by atoms with Crippen molar-refractivity contribution in [3.05, 3.63) is 65.7 Å². The molecule has 2 aromatic rings. The lowest BCUT2D eigenvalue weighted by Gasteiger charge is -2.24. The molecular weight excluding hydrogens is 368 g/mol. The van der Waals surface area contributed by atoms with Crippen LogP contribution in [0.5, 0.6) is 0 Å². The normalized spacial score (nSPS) is 25.4. The third-order valence-electron chi connectivity index (χ3n) is 4.56. The van der Waals surface area contributed by atoms with E-state index in [1.165, 1.54) is 11.8 Å². The number of hydrogen-bond acceptors (Lipinski definition) is 4. The highest BCUT2D eigenvalue weighted by molar-refractivity contribution is 8.16. The number of nitrogens with zero attached hydrogens (tertiary/aromatic N) is 2. The maximum atomic E-state index is 12.6. The molecule has 2 aromatic carbocycles. The first-order valence-corrected chi connectivity index (χ1v) is 11.0. The number of anilines is 1. The van der Waals surface area contributed by atoms with E-state index >= 15 is 0 Å². The summed E-state index contributed by atoms with van der Waals surface area (Å²) in [6.07, 6.45) is 0. The fourth-order valence-electron chi connectivity index (χ4n) is 3.38. The van der Waals surface area contributed by atoms with Gasteiger partial charge in [-0.15, -0.1) is 0 Å². The molecule has 26 heavy (non-hydrogen) atoms. The minimum absolute atomic E-state index is 0.0933. The summed E-state index contributed by atoms with van der Waals surface area (Å²) >= 11 is 1.39. The van der Waals surface area contributed by atoms with Gasteiger partial charge in [-0.1, -0.05) is 47.7 Å². The second kappa shape index (κ2) is 6.55. The topological polar surface area (TPSA) is 66.8 Å². The Labute approximate surface area is 157 Å². The quantitative estimate of drug-likeness (QED) is 0.794. The maximum Gasteiger partial charge on any atom is 0.279 e. The third-order valence-corrected chi connectivity index (χ3v) is 7.77. The largest absolute Gasteiger partial charge is 0.316 e. The van der Waals surface area contributed by atoms with E-state index in [0.717, 1.165) is 11.3 Å². The Morgan fingerprint density at radius 2 is 1.88 bits per heavy atom. The first-order valence-electron chi connectivity index (χ1n) is 8.34. The van der Waals surface area contributed by atoms with Crippen LogP contribution in [0.3, 0.4) is 0 Å². The van der Waals surface area contributed by atoms with E-state index in [2.05, 4.69) is 4.99 Å². The molecule has 0 N–H and O–H groups in total. The van der Waals surface area contributed by atoms with Gasteiger partial charge in [0, 0.05) is 16.5 Å². The monoisotopic (exact) mass is 386 g/mol. The van der Waals surface area contributed by atoms with E-state index in [-0.39, 0.29) is 28.7 Å². The van der Waals surface area contributed by atoms with E-state index in [1.54, 1.807) is 6.07 Å². The molecule has 0 spiro atoms. The Kier molecular flexibility index (Phi) is 4.36. The highest BCUT2D eigenvalue weighted by Gasteiger charge is 2.49. The van der Waals surface area contributed by atoms with E-state index in [1.807, 2.05) is 60.4 Å². The molecule has 7 heteroatoms. The molecule has 2 fully saturated rings. The number of carbonyl (C=O) groups is 1. The lowest BCUT2D eigenvalue weighted by Crippen LogP contribution is -2.37. The summed E-state index contributed by atoms with van der Waals surface area (Å²) in [7, 11) is -3.06. The van der Waals surface area contributed by atoms with Crippen LogP contribution in [-0.2, 0) is 9.84 Å². The molecule has 0 unspecified atom stereocenters. The Hall–Kier alpha value is -2.12. The SMILES string of the molecule is Cc1cccc(C(=O)N=C2S[C@@H]3CS(=O)(=O)C[C@@H]3N2c2ccccc2)c1. The van der Waals surface area contributed by atoms with Crippen molar-refractivity contribution in [2.75, 3.05) is 16.4 Å². The van der Waals surface area contributed by atoms with Gasteiger partial charge in [0.1, 0.15) is 0 Å². The van der Waals surface area contributed by atoms with Crippen LogP contribution in [0.25, 0.3) is 0 Å². The van der Waals surface area contributed by atoms with Gasteiger partial charge in [-0.3, -0.25) is 4.79 Å². The number of aliphatic imine (C=N–C) groups is 1. The average Bonchev–Trinajstić information content (AvgIpc) is 3.06. The molecule has 1 amide bonds. The molecule has 2 heterocycles. The zero-order chi connectivity index (χ0) is 18.3. The molecule has 0 saturated carbocycles. The number of carbonyl (C=O) groups excluding carboxylic acids is 1. The Balaban J connectivity index is 1.72. The minimum atomic E-state index is -3.06. The van der Waals surface area contributed by atoms with E-state index < -0.39 is 9.84 Å². The summed E-state index contributed by atoms with van der Waals surface area (Å²) in [4.78, 5) is 18.9. The number of amidine groups is 1. The number of hydrogen-bond donors (Lipinski definition) is 0. The van der Waals surface area contributed by atoms with Crippen molar-refractivity contribution < 1.29 is 13.2 Å². The predicted octanol–water partition coefficient (Wildman–Crippen LogP) is 2.91. The van der Waals surface area contributed by atoms with Gasteiger partial charge in [-0.25, -0.2) is 8.42 Å². The Morgan fingerprint density at radius 3 is 2.62 bits per heavy atom. The highest BCUT2D eigenvalue weighted by atomic mass is 32.2. The number of amides is 1. The van der Waals surface area contributed by atoms with E-state index in [9.17, 15) is 13.2 Å². The standard InChI is InChI=1S/C19H18N2O3S2/c1-13-6-5-7-14(10-13)18(22)20-19-21(15-8-3-2-4-9-15)16-11-26(23,24)12-17(16)25-19/h2-10,16-17H,11-12H2,1H3/t16-,17+/m0/s1. The first kappa shape index (κ1) is 17.3. The van der Waals surface area contributed by atoms with Crippen LogP contribution in [-0.4, -0.2) is 42.3 Å². The number of rotatable bonds is 2. The molecule has 5 nitrogen and oxygen atoms in total. The van der Waals surface area contributed by atoms with Crippen molar-refractivity contribution in [3.8, 4) is 0 Å². The van der Waals surface area contributed by atoms with Gasteiger partial charge >= 0.3 is 0 Å². The molecule has 0 bridgehead atoms. The lowest BCUT2D eigenvalue weighted by molar-refractivity contribution is 0.100. The van der Waals surface area contributed by atoms with E-state index in [4.69, 9.17) is 0 Å². The summed E-state index contributed by atoms with van der Waals surface area (Å²) in [6, 6.07) is 16.7. The molecule has 2 aliphatic heterocycles. The molecule has 2 saturated heterocycles. The average molecular weight is 386 g/mol. The third kappa shape index (κ3) is 3.29. The number of thioether (sulfide) groups is 1. The smallest absolute Gasteiger partial charge is 0.279 e. The van der Waals surface area contributed by atoms with Crippen molar-refractivity contribution in [3.63, 3.8) is 0 Å². The number of fused-ring (bicyclic) bond motifs is 1. The summed E-state index contributed by atoms with van der Waals surface area (Å²) in [5, 5.41) is 0.483. The lowest BCUT2D eigenvalue weighted by atomic mass is 10.1. The molecule has 2 aliphatic rings. The van der Waals surface area contributed by atoms with Crippen LogP contribution in [0, 0.1) is 6.92 Å². The first-order chi connectivity index (χ1) is 12.4. The van der Waals surface area contributed by atoms with Crippen LogP contribution >= 0.6 is 11.8 Å². The Morgan fingerprint density at radius 1 is 1.12 bits per heavy atom. The second-order valence-corrected chi connectivity index (χ2v) is 9.94. The summed E-state index contributed by atoms with van der Waals surface area (Å²) in [6.45, 7) is 1.93. The van der Waals surface area contributed by atoms with Crippen molar-refractivity contribution in [2.24, 2.45) is 4.99 Å². The maximum absolute atomic E-state index is 12.6. The molecule has 0 radical (unpaired) electrons. The molecule has 0 aromatic heterocycles. The van der Waals surface area contributed by atoms with Crippen LogP contribution in [0.15, 0.2) is 59.6 Å². The molecule has 2 atom stereocenters. The second-order valence-electron chi connectivity index (χ2n) is 6.58. The van der Waals surface area contributed by atoms with Crippen molar-refractivity contribution in [1.82, 2.24) is 0 Å². The number of benzene rings is 2. The molecular formula is C19H18N2O3S2. The van der Waals surface area contributed by atoms with Crippen molar-refractivity contribution in [1.29, 1.82) is 0 Å². The summed E-state index contributed by atoms with van der Waals surface area (Å²) < 4.78 is 24.1. The number of para-hydroxylation sites is 1. The molecule has 134 valence electrons. The van der Waals surface area contributed by atoms with E-state index in [0.29, 0.717) is 10.7 Å². The van der Waals surface area contributed by atoms with Crippen LogP contribution < -0.4 is 4.90 Å². The predicted molar refractivity (Wildman–Crippen MR) is 106 cm³/mol. The number of aryl methyl sites for hydroxylation is 1. The van der Waals surface area contributed by atoms with Crippen molar-refractivity contribution in [2.45, 2.75) is 18.2 Å². The van der Waals surface area contributed by atoms with Gasteiger partial charge in [0.2, 0.25) is 0 Å². The van der Waals surface area contributed by atoms with Gasteiger partial charge in [0.05, 0.1) is 17.5 Å².